The maximum Gasteiger partial charge on any atom is 0.336 e. The topological polar surface area (TPSA) is 49.8 Å². The molecule has 4 nitrogen and oxygen atoms in total. The summed E-state index contributed by atoms with van der Waals surface area (Å²) in [5.74, 6) is 0.196. The molecule has 3 rings (SSSR count). The van der Waals surface area contributed by atoms with Crippen LogP contribution in [0.5, 0.6) is 5.75 Å². The van der Waals surface area contributed by atoms with E-state index >= 15 is 0 Å². The van der Waals surface area contributed by atoms with Gasteiger partial charge in [-0.15, -0.1) is 0 Å². The van der Waals surface area contributed by atoms with Crippen molar-refractivity contribution in [2.24, 2.45) is 0 Å². The molecular formula is C25H35NO3S. The van der Waals surface area contributed by atoms with Crippen LogP contribution in [0.3, 0.4) is 0 Å². The van der Waals surface area contributed by atoms with Gasteiger partial charge in [-0.05, 0) is 54.7 Å². The second kappa shape index (κ2) is 8.33. The Morgan fingerprint density at radius 2 is 1.70 bits per heavy atom. The molecule has 0 spiro atoms. The molecule has 0 fully saturated rings. The Balaban J connectivity index is 2.12. The lowest BCUT2D eigenvalue weighted by Gasteiger charge is -2.30. The van der Waals surface area contributed by atoms with Crippen molar-refractivity contribution in [2.75, 3.05) is 13.2 Å². The lowest BCUT2D eigenvalue weighted by molar-refractivity contribution is -0.138. The fourth-order valence-corrected chi connectivity index (χ4v) is 5.17. The third-order valence-electron chi connectivity index (χ3n) is 5.68. The first-order valence-electron chi connectivity index (χ1n) is 10.9. The molecule has 1 aromatic carbocycles. The van der Waals surface area contributed by atoms with Crippen LogP contribution in [0.25, 0.3) is 5.70 Å². The summed E-state index contributed by atoms with van der Waals surface area (Å²) in [7, 11) is 0. The van der Waals surface area contributed by atoms with Gasteiger partial charge in [0.15, 0.2) is 0 Å². The number of carbonyl (C=O) groups excluding carboxylic acids is 1. The van der Waals surface area contributed by atoms with E-state index in [0.717, 1.165) is 58.8 Å². The van der Waals surface area contributed by atoms with E-state index in [2.05, 4.69) is 64.0 Å². The van der Waals surface area contributed by atoms with E-state index in [1.807, 2.05) is 6.92 Å². The van der Waals surface area contributed by atoms with Gasteiger partial charge in [-0.1, -0.05) is 53.3 Å². The molecule has 164 valence electrons. The van der Waals surface area contributed by atoms with Crippen molar-refractivity contribution in [1.82, 2.24) is 4.90 Å². The Labute approximate surface area is 185 Å². The summed E-state index contributed by atoms with van der Waals surface area (Å²) in [6.07, 6.45) is 2.77. The van der Waals surface area contributed by atoms with Crippen LogP contribution in [0.1, 0.15) is 84.4 Å². The summed E-state index contributed by atoms with van der Waals surface area (Å²) < 4.78 is 5.34. The molecule has 30 heavy (non-hydrogen) atoms. The van der Waals surface area contributed by atoms with Gasteiger partial charge in [0, 0.05) is 23.1 Å². The number of hydrogen-bond donors (Lipinski definition) is 1. The first-order chi connectivity index (χ1) is 13.9. The number of aromatic hydroxyl groups is 1. The van der Waals surface area contributed by atoms with E-state index in [1.165, 1.54) is 0 Å². The predicted octanol–water partition coefficient (Wildman–Crippen LogP) is 6.29. The monoisotopic (exact) mass is 429 g/mol. The first-order valence-corrected chi connectivity index (χ1v) is 11.8. The molecule has 0 aromatic heterocycles. The summed E-state index contributed by atoms with van der Waals surface area (Å²) in [6, 6.07) is 4.24. The Bertz CT molecular complexity index is 865. The molecule has 0 unspecified atom stereocenters. The molecule has 0 atom stereocenters. The number of hydrogen-bond acceptors (Lipinski definition) is 5. The molecule has 0 amide bonds. The number of ether oxygens (including phenoxy) is 1. The number of rotatable bonds is 3. The Morgan fingerprint density at radius 3 is 2.23 bits per heavy atom. The SMILES string of the molecule is CCOC(=O)C1=C2SC=C(c3cc(C(C)(C)C)c(O)c(C(C)(C)C)c3)N2CCCC1. The van der Waals surface area contributed by atoms with Crippen LogP contribution in [0.15, 0.2) is 28.1 Å². The minimum Gasteiger partial charge on any atom is -0.507 e. The molecule has 2 aliphatic heterocycles. The van der Waals surface area contributed by atoms with Gasteiger partial charge >= 0.3 is 5.97 Å². The number of nitrogens with zero attached hydrogens (tertiary/aromatic N) is 1. The van der Waals surface area contributed by atoms with E-state index in [9.17, 15) is 9.90 Å². The van der Waals surface area contributed by atoms with Gasteiger partial charge in [-0.2, -0.15) is 0 Å². The zero-order chi connectivity index (χ0) is 22.3. The van der Waals surface area contributed by atoms with Gasteiger partial charge in [0.2, 0.25) is 0 Å². The quantitative estimate of drug-likeness (QED) is 0.572. The van der Waals surface area contributed by atoms with Crippen molar-refractivity contribution < 1.29 is 14.6 Å². The molecule has 0 saturated heterocycles. The highest BCUT2D eigenvalue weighted by Crippen LogP contribution is 2.47. The fourth-order valence-electron chi connectivity index (χ4n) is 4.04. The van der Waals surface area contributed by atoms with Gasteiger partial charge in [0.1, 0.15) is 5.75 Å². The van der Waals surface area contributed by atoms with E-state index in [0.29, 0.717) is 12.4 Å². The number of carbonyl (C=O) groups is 1. The molecule has 0 aliphatic carbocycles. The van der Waals surface area contributed by atoms with Crippen molar-refractivity contribution in [1.29, 1.82) is 0 Å². The molecule has 0 bridgehead atoms. The van der Waals surface area contributed by atoms with E-state index < -0.39 is 0 Å². The zero-order valence-electron chi connectivity index (χ0n) is 19.4. The second-order valence-corrected chi connectivity index (χ2v) is 11.0. The molecule has 1 aromatic rings. The van der Waals surface area contributed by atoms with E-state index in [1.54, 1.807) is 11.8 Å². The predicted molar refractivity (Wildman–Crippen MR) is 125 cm³/mol. The van der Waals surface area contributed by atoms with Crippen LogP contribution < -0.4 is 0 Å². The number of esters is 1. The lowest BCUT2D eigenvalue weighted by Crippen LogP contribution is -2.22. The summed E-state index contributed by atoms with van der Waals surface area (Å²) in [5, 5.41) is 14.2. The van der Waals surface area contributed by atoms with Gasteiger partial charge in [0.05, 0.1) is 22.9 Å². The van der Waals surface area contributed by atoms with Gasteiger partial charge in [-0.25, -0.2) is 4.79 Å². The average molecular weight is 430 g/mol. The number of thioether (sulfide) groups is 1. The van der Waals surface area contributed by atoms with Crippen LogP contribution in [-0.2, 0) is 20.4 Å². The van der Waals surface area contributed by atoms with Gasteiger partial charge < -0.3 is 14.7 Å². The van der Waals surface area contributed by atoms with Crippen LogP contribution >= 0.6 is 11.8 Å². The van der Waals surface area contributed by atoms with Crippen molar-refractivity contribution in [3.8, 4) is 5.75 Å². The van der Waals surface area contributed by atoms with Gasteiger partial charge in [-0.3, -0.25) is 0 Å². The van der Waals surface area contributed by atoms with Crippen molar-refractivity contribution >= 4 is 23.4 Å². The molecule has 5 heteroatoms. The highest BCUT2D eigenvalue weighted by atomic mass is 32.2. The number of phenols is 1. The Kier molecular flexibility index (Phi) is 6.33. The summed E-state index contributed by atoms with van der Waals surface area (Å²) >= 11 is 1.62. The van der Waals surface area contributed by atoms with Crippen LogP contribution in [0.2, 0.25) is 0 Å². The summed E-state index contributed by atoms with van der Waals surface area (Å²) in [4.78, 5) is 14.8. The highest BCUT2D eigenvalue weighted by molar-refractivity contribution is 8.06. The molecule has 0 saturated carbocycles. The summed E-state index contributed by atoms with van der Waals surface area (Å²) in [5.41, 5.74) is 4.53. The normalized spacial score (nSPS) is 17.6. The zero-order valence-corrected chi connectivity index (χ0v) is 20.2. The molecule has 2 aliphatic rings. The summed E-state index contributed by atoms with van der Waals surface area (Å²) in [6.45, 7) is 15.9. The number of benzene rings is 1. The highest BCUT2D eigenvalue weighted by Gasteiger charge is 2.33. The van der Waals surface area contributed by atoms with Crippen molar-refractivity contribution in [3.05, 3.63) is 44.8 Å². The van der Waals surface area contributed by atoms with Crippen molar-refractivity contribution in [2.45, 2.75) is 78.6 Å². The van der Waals surface area contributed by atoms with E-state index in [4.69, 9.17) is 4.74 Å². The van der Waals surface area contributed by atoms with Gasteiger partial charge in [0.25, 0.3) is 0 Å². The fraction of sp³-hybridized carbons (Fsp3) is 0.560. The maximum absolute atomic E-state index is 12.6. The molecule has 2 heterocycles. The van der Waals surface area contributed by atoms with Crippen LogP contribution in [-0.4, -0.2) is 29.1 Å². The lowest BCUT2D eigenvalue weighted by atomic mass is 9.78. The smallest absolute Gasteiger partial charge is 0.336 e. The third kappa shape index (κ3) is 4.41. The number of phenolic OH excluding ortho intramolecular Hbond substituents is 1. The third-order valence-corrected chi connectivity index (χ3v) is 6.71. The minimum absolute atomic E-state index is 0.181. The average Bonchev–Trinajstić information content (AvgIpc) is 2.92. The molecule has 1 N–H and O–H groups in total. The number of fused-ring (bicyclic) bond motifs is 1. The second-order valence-electron chi connectivity index (χ2n) is 10.2. The Hall–Kier alpha value is -1.88. The standard InChI is InChI=1S/C25H35NO3S/c1-8-29-23(28)17-11-9-10-12-26-20(15-30-22(17)26)16-13-18(24(2,3)4)21(27)19(14-16)25(5,6)7/h13-15,27H,8-12H2,1-7H3. The van der Waals surface area contributed by atoms with Crippen LogP contribution in [0, 0.1) is 0 Å². The van der Waals surface area contributed by atoms with E-state index in [-0.39, 0.29) is 16.8 Å². The van der Waals surface area contributed by atoms with Crippen molar-refractivity contribution in [3.63, 3.8) is 0 Å². The molecular weight excluding hydrogens is 394 g/mol. The maximum atomic E-state index is 12.6. The minimum atomic E-state index is -0.196. The van der Waals surface area contributed by atoms with Crippen LogP contribution in [0.4, 0.5) is 0 Å². The Morgan fingerprint density at radius 1 is 1.10 bits per heavy atom. The molecule has 0 radical (unpaired) electrons. The largest absolute Gasteiger partial charge is 0.507 e. The first kappa shape index (κ1) is 22.8.